The number of aryl methyl sites for hydroxylation is 1. The van der Waals surface area contributed by atoms with Gasteiger partial charge in [-0.05, 0) is 31.0 Å². The van der Waals surface area contributed by atoms with E-state index in [0.717, 1.165) is 28.3 Å². The molecule has 2 N–H and O–H groups in total. The molecule has 2 aromatic rings. The van der Waals surface area contributed by atoms with Crippen molar-refractivity contribution in [3.8, 4) is 0 Å². The van der Waals surface area contributed by atoms with Crippen LogP contribution in [0.25, 0.3) is 0 Å². The Morgan fingerprint density at radius 2 is 2.08 bits per heavy atom. The Morgan fingerprint density at radius 3 is 2.75 bits per heavy atom. The van der Waals surface area contributed by atoms with Gasteiger partial charge in [0.1, 0.15) is 0 Å². The van der Waals surface area contributed by atoms with E-state index in [4.69, 9.17) is 0 Å². The van der Waals surface area contributed by atoms with E-state index in [0.29, 0.717) is 16.4 Å². The number of nitrogens with zero attached hydrogens (tertiary/aromatic N) is 2. The van der Waals surface area contributed by atoms with E-state index >= 15 is 0 Å². The van der Waals surface area contributed by atoms with Crippen molar-refractivity contribution in [1.82, 2.24) is 10.2 Å². The summed E-state index contributed by atoms with van der Waals surface area (Å²) in [5, 5.41) is 11.0. The van der Waals surface area contributed by atoms with Crippen molar-refractivity contribution in [3.05, 3.63) is 29.3 Å². The number of carbonyl (C=O) groups is 1. The van der Waals surface area contributed by atoms with Gasteiger partial charge in [0.25, 0.3) is 5.91 Å². The Hall–Kier alpha value is -1.65. The van der Waals surface area contributed by atoms with Crippen molar-refractivity contribution in [2.75, 3.05) is 22.0 Å². The highest BCUT2D eigenvalue weighted by Gasteiger charge is 2.13. The smallest absolute Gasteiger partial charge is 0.257 e. The molecule has 0 unspecified atom stereocenters. The Labute approximate surface area is 149 Å². The maximum Gasteiger partial charge on any atom is 0.257 e. The van der Waals surface area contributed by atoms with Gasteiger partial charge in [-0.25, -0.2) is 8.42 Å². The van der Waals surface area contributed by atoms with Crippen LogP contribution in [0, 0.1) is 6.92 Å². The Kier molecular flexibility index (Phi) is 6.19. The van der Waals surface area contributed by atoms with Gasteiger partial charge < -0.3 is 0 Å². The number of amides is 1. The molecule has 1 aromatic carbocycles. The van der Waals surface area contributed by atoms with Crippen LogP contribution in [0.1, 0.15) is 29.3 Å². The molecule has 0 radical (unpaired) electrons. The molecule has 0 atom stereocenters. The summed E-state index contributed by atoms with van der Waals surface area (Å²) >= 11 is 2.90. The highest BCUT2D eigenvalue weighted by molar-refractivity contribution is 8.01. The summed E-state index contributed by atoms with van der Waals surface area (Å²) in [4.78, 5) is 12.3. The van der Waals surface area contributed by atoms with Gasteiger partial charge >= 0.3 is 0 Å². The summed E-state index contributed by atoms with van der Waals surface area (Å²) in [7, 11) is -3.41. The van der Waals surface area contributed by atoms with Gasteiger partial charge in [-0.2, -0.15) is 0 Å². The lowest BCUT2D eigenvalue weighted by atomic mass is 10.1. The van der Waals surface area contributed by atoms with E-state index in [1.165, 1.54) is 17.4 Å². The third kappa shape index (κ3) is 5.46. The molecular weight excluding hydrogens is 368 g/mol. The fraction of sp³-hybridized carbons (Fsp3) is 0.357. The fourth-order valence-electron chi connectivity index (χ4n) is 1.75. The van der Waals surface area contributed by atoms with Crippen LogP contribution in [0.3, 0.4) is 0 Å². The standard InChI is InChI=1S/C14H18N4O3S3/c1-4-7-22-14-17-16-13(23-14)15-12(19)10-6-5-9(2)11(8-10)18-24(3,20)21/h5-6,8,18H,4,7H2,1-3H3,(H,15,16,19). The van der Waals surface area contributed by atoms with Gasteiger partial charge in [0, 0.05) is 11.3 Å². The number of rotatable bonds is 7. The van der Waals surface area contributed by atoms with Crippen molar-refractivity contribution in [3.63, 3.8) is 0 Å². The van der Waals surface area contributed by atoms with Crippen LogP contribution in [0.4, 0.5) is 10.8 Å². The van der Waals surface area contributed by atoms with E-state index in [-0.39, 0.29) is 5.91 Å². The number of benzene rings is 1. The number of nitrogens with one attached hydrogen (secondary N) is 2. The molecule has 0 spiro atoms. The summed E-state index contributed by atoms with van der Waals surface area (Å²) in [6.45, 7) is 3.84. The number of anilines is 2. The number of carbonyl (C=O) groups excluding carboxylic acids is 1. The lowest BCUT2D eigenvalue weighted by Gasteiger charge is -2.09. The fourth-order valence-corrected chi connectivity index (χ4v) is 4.04. The predicted octanol–water partition coefficient (Wildman–Crippen LogP) is 2.97. The number of hydrogen-bond acceptors (Lipinski definition) is 7. The lowest BCUT2D eigenvalue weighted by Crippen LogP contribution is -2.14. The lowest BCUT2D eigenvalue weighted by molar-refractivity contribution is 0.102. The number of hydrogen-bond donors (Lipinski definition) is 2. The molecule has 0 bridgehead atoms. The molecule has 2 rings (SSSR count). The molecule has 0 saturated carbocycles. The molecule has 0 aliphatic heterocycles. The maximum atomic E-state index is 12.3. The Morgan fingerprint density at radius 1 is 1.33 bits per heavy atom. The quantitative estimate of drug-likeness (QED) is 0.560. The number of thioether (sulfide) groups is 1. The Bertz CT molecular complexity index is 834. The second kappa shape index (κ2) is 7.95. The number of sulfonamides is 1. The molecule has 24 heavy (non-hydrogen) atoms. The van der Waals surface area contributed by atoms with Crippen LogP contribution < -0.4 is 10.0 Å². The first kappa shape index (κ1) is 18.7. The second-order valence-corrected chi connectivity index (χ2v) is 9.15. The Balaban J connectivity index is 2.12. The zero-order valence-corrected chi connectivity index (χ0v) is 15.9. The summed E-state index contributed by atoms with van der Waals surface area (Å²) in [5.41, 5.74) is 1.44. The average Bonchev–Trinajstić information content (AvgIpc) is 2.93. The van der Waals surface area contributed by atoms with Crippen molar-refractivity contribution in [1.29, 1.82) is 0 Å². The van der Waals surface area contributed by atoms with Crippen LogP contribution in [0.2, 0.25) is 0 Å². The highest BCUT2D eigenvalue weighted by Crippen LogP contribution is 2.26. The van der Waals surface area contributed by atoms with Crippen molar-refractivity contribution >= 4 is 49.8 Å². The summed E-state index contributed by atoms with van der Waals surface area (Å²) < 4.78 is 26.0. The first-order valence-electron chi connectivity index (χ1n) is 7.14. The molecule has 1 heterocycles. The topological polar surface area (TPSA) is 101 Å². The first-order valence-corrected chi connectivity index (χ1v) is 10.8. The van der Waals surface area contributed by atoms with Crippen LogP contribution in [-0.4, -0.2) is 36.5 Å². The van der Waals surface area contributed by atoms with E-state index in [2.05, 4.69) is 27.2 Å². The average molecular weight is 387 g/mol. The molecule has 10 heteroatoms. The van der Waals surface area contributed by atoms with Gasteiger partial charge in [-0.15, -0.1) is 10.2 Å². The van der Waals surface area contributed by atoms with E-state index in [1.807, 2.05) is 0 Å². The van der Waals surface area contributed by atoms with Gasteiger partial charge in [-0.3, -0.25) is 14.8 Å². The molecule has 130 valence electrons. The predicted molar refractivity (Wildman–Crippen MR) is 98.5 cm³/mol. The van der Waals surface area contributed by atoms with E-state index < -0.39 is 10.0 Å². The summed E-state index contributed by atoms with van der Waals surface area (Å²) in [6.07, 6.45) is 2.10. The van der Waals surface area contributed by atoms with E-state index in [9.17, 15) is 13.2 Å². The van der Waals surface area contributed by atoms with Crippen LogP contribution in [0.5, 0.6) is 0 Å². The number of aromatic nitrogens is 2. The largest absolute Gasteiger partial charge is 0.296 e. The zero-order chi connectivity index (χ0) is 17.7. The monoisotopic (exact) mass is 386 g/mol. The SMILES string of the molecule is CCCSc1nnc(NC(=O)c2ccc(C)c(NS(C)(=O)=O)c2)s1. The van der Waals surface area contributed by atoms with Crippen LogP contribution in [-0.2, 0) is 10.0 Å². The van der Waals surface area contributed by atoms with Gasteiger partial charge in [-0.1, -0.05) is 36.1 Å². The highest BCUT2D eigenvalue weighted by atomic mass is 32.2. The second-order valence-electron chi connectivity index (χ2n) is 5.08. The van der Waals surface area contributed by atoms with Crippen molar-refractivity contribution < 1.29 is 13.2 Å². The van der Waals surface area contributed by atoms with Crippen LogP contribution >= 0.6 is 23.1 Å². The molecule has 1 amide bonds. The van der Waals surface area contributed by atoms with Crippen molar-refractivity contribution in [2.45, 2.75) is 24.6 Å². The maximum absolute atomic E-state index is 12.3. The molecule has 1 aromatic heterocycles. The van der Waals surface area contributed by atoms with Gasteiger partial charge in [0.05, 0.1) is 11.9 Å². The minimum absolute atomic E-state index is 0.338. The normalized spacial score (nSPS) is 11.3. The zero-order valence-electron chi connectivity index (χ0n) is 13.5. The molecule has 0 fully saturated rings. The third-order valence-electron chi connectivity index (χ3n) is 2.85. The van der Waals surface area contributed by atoms with Crippen LogP contribution in [0.15, 0.2) is 22.5 Å². The summed E-state index contributed by atoms with van der Waals surface area (Å²) in [6, 6.07) is 4.82. The summed E-state index contributed by atoms with van der Waals surface area (Å²) in [5.74, 6) is 0.580. The minimum Gasteiger partial charge on any atom is -0.296 e. The van der Waals surface area contributed by atoms with Crippen molar-refractivity contribution in [2.24, 2.45) is 0 Å². The molecule has 0 aliphatic carbocycles. The molecular formula is C14H18N4O3S3. The first-order chi connectivity index (χ1) is 11.3. The van der Waals surface area contributed by atoms with Gasteiger partial charge in [0.2, 0.25) is 15.2 Å². The molecule has 0 saturated heterocycles. The van der Waals surface area contributed by atoms with E-state index in [1.54, 1.807) is 30.8 Å². The van der Waals surface area contributed by atoms with Gasteiger partial charge in [0.15, 0.2) is 4.34 Å². The molecule has 0 aliphatic rings. The minimum atomic E-state index is -3.41. The third-order valence-corrected chi connectivity index (χ3v) is 5.62. The molecule has 7 nitrogen and oxygen atoms in total.